The monoisotopic (exact) mass is 611 g/mol. The van der Waals surface area contributed by atoms with Crippen LogP contribution in [-0.2, 0) is 11.3 Å². The molecular formula is C31H35ClFN5O3S. The van der Waals surface area contributed by atoms with E-state index in [1.807, 2.05) is 0 Å². The van der Waals surface area contributed by atoms with Gasteiger partial charge in [-0.3, -0.25) is 14.4 Å². The summed E-state index contributed by atoms with van der Waals surface area (Å²) < 4.78 is 19.2. The first kappa shape index (κ1) is 30.0. The number of carbonyl (C=O) groups excluding carboxylic acids is 3. The highest BCUT2D eigenvalue weighted by Crippen LogP contribution is 2.32. The smallest absolute Gasteiger partial charge is 0.273 e. The van der Waals surface area contributed by atoms with Crippen LogP contribution in [0.2, 0.25) is 5.02 Å². The van der Waals surface area contributed by atoms with Gasteiger partial charge >= 0.3 is 0 Å². The molecule has 42 heavy (non-hydrogen) atoms. The molecular weight excluding hydrogens is 577 g/mol. The Morgan fingerprint density at radius 3 is 2.24 bits per heavy atom. The summed E-state index contributed by atoms with van der Waals surface area (Å²) in [5.74, 6) is -1.94. The lowest BCUT2D eigenvalue weighted by Crippen LogP contribution is -2.46. The van der Waals surface area contributed by atoms with E-state index in [0.717, 1.165) is 69.3 Å². The maximum atomic E-state index is 14.9. The van der Waals surface area contributed by atoms with Crippen LogP contribution in [0.25, 0.3) is 0 Å². The minimum Gasteiger partial charge on any atom is -0.395 e. The van der Waals surface area contributed by atoms with Gasteiger partial charge in [-0.1, -0.05) is 74.0 Å². The molecule has 222 valence electrons. The molecule has 0 saturated heterocycles. The van der Waals surface area contributed by atoms with Crippen LogP contribution in [0.15, 0.2) is 48.5 Å². The lowest BCUT2D eigenvalue weighted by atomic mass is 9.95. The summed E-state index contributed by atoms with van der Waals surface area (Å²) in [7, 11) is 0. The van der Waals surface area contributed by atoms with Crippen molar-refractivity contribution in [2.24, 2.45) is 0 Å². The molecule has 1 heterocycles. The molecule has 0 radical (unpaired) electrons. The number of rotatable bonds is 9. The van der Waals surface area contributed by atoms with Gasteiger partial charge in [0.2, 0.25) is 5.91 Å². The third-order valence-corrected chi connectivity index (χ3v) is 9.19. The normalized spacial score (nSPS) is 16.6. The Morgan fingerprint density at radius 1 is 0.952 bits per heavy atom. The molecule has 4 N–H and O–H groups in total. The van der Waals surface area contributed by atoms with Crippen molar-refractivity contribution in [3.05, 3.63) is 81.1 Å². The number of aromatic nitrogens is 1. The zero-order chi connectivity index (χ0) is 29.6. The van der Waals surface area contributed by atoms with E-state index in [1.165, 1.54) is 11.0 Å². The van der Waals surface area contributed by atoms with Crippen molar-refractivity contribution < 1.29 is 18.8 Å². The molecule has 3 aromatic rings. The number of hydrogen-bond donors (Lipinski definition) is 3. The molecule has 1 aromatic heterocycles. The quantitative estimate of drug-likeness (QED) is 0.273. The molecule has 2 aliphatic rings. The Kier molecular flexibility index (Phi) is 9.74. The van der Waals surface area contributed by atoms with E-state index in [9.17, 15) is 18.8 Å². The van der Waals surface area contributed by atoms with Gasteiger partial charge in [0, 0.05) is 22.7 Å². The number of nitrogen functional groups attached to an aromatic ring is 1. The fourth-order valence-corrected chi connectivity index (χ4v) is 6.69. The summed E-state index contributed by atoms with van der Waals surface area (Å²) in [6.45, 7) is -0.210. The zero-order valence-corrected chi connectivity index (χ0v) is 24.9. The van der Waals surface area contributed by atoms with Crippen molar-refractivity contribution in [1.29, 1.82) is 0 Å². The van der Waals surface area contributed by atoms with Crippen LogP contribution < -0.4 is 16.4 Å². The van der Waals surface area contributed by atoms with E-state index < -0.39 is 23.7 Å². The second kappa shape index (κ2) is 13.6. The SMILES string of the molecule is Nc1c(C(=O)NC2CCCCC2)nsc1C(=O)N(Cc1ccccc1F)C(C(=O)NC1CCCC1)c1ccc(Cl)cc1. The molecule has 2 aliphatic carbocycles. The van der Waals surface area contributed by atoms with Gasteiger partial charge in [0.05, 0.1) is 12.2 Å². The number of halogens is 2. The molecule has 0 spiro atoms. The van der Waals surface area contributed by atoms with Crippen molar-refractivity contribution in [2.45, 2.75) is 82.5 Å². The van der Waals surface area contributed by atoms with E-state index >= 15 is 0 Å². The summed E-state index contributed by atoms with van der Waals surface area (Å²) in [6.07, 6.45) is 8.72. The predicted molar refractivity (Wildman–Crippen MR) is 162 cm³/mol. The predicted octanol–water partition coefficient (Wildman–Crippen LogP) is 6.02. The third-order valence-electron chi connectivity index (χ3n) is 8.08. The Hall–Kier alpha value is -3.50. The van der Waals surface area contributed by atoms with Crippen LogP contribution in [0.1, 0.15) is 95.1 Å². The maximum Gasteiger partial charge on any atom is 0.273 e. The highest BCUT2D eigenvalue weighted by molar-refractivity contribution is 7.09. The van der Waals surface area contributed by atoms with E-state index in [1.54, 1.807) is 42.5 Å². The highest BCUT2D eigenvalue weighted by atomic mass is 35.5. The molecule has 2 saturated carbocycles. The molecule has 2 fully saturated rings. The minimum atomic E-state index is -1.11. The van der Waals surface area contributed by atoms with Crippen LogP contribution in [0.3, 0.4) is 0 Å². The number of hydrogen-bond acceptors (Lipinski definition) is 6. The van der Waals surface area contributed by atoms with Crippen LogP contribution in [0, 0.1) is 5.82 Å². The Morgan fingerprint density at radius 2 is 1.57 bits per heavy atom. The number of amides is 3. The third kappa shape index (κ3) is 6.93. The first-order valence-electron chi connectivity index (χ1n) is 14.5. The first-order chi connectivity index (χ1) is 20.3. The summed E-state index contributed by atoms with van der Waals surface area (Å²) in [5, 5.41) is 6.56. The second-order valence-electron chi connectivity index (χ2n) is 11.1. The number of nitrogens with two attached hydrogens (primary N) is 1. The topological polar surface area (TPSA) is 117 Å². The standard InChI is InChI=1S/C31H35ClFN5O3S/c32-21-16-14-19(15-17-21)27(30(40)36-23-11-5-6-12-23)38(18-20-8-4-7-13-24(20)33)31(41)28-25(34)26(37-42-28)29(39)35-22-9-2-1-3-10-22/h4,7-8,13-17,22-23,27H,1-3,5-6,9-12,18,34H2,(H,35,39)(H,36,40). The van der Waals surface area contributed by atoms with Crippen LogP contribution >= 0.6 is 23.1 Å². The van der Waals surface area contributed by atoms with E-state index in [4.69, 9.17) is 17.3 Å². The molecule has 5 rings (SSSR count). The van der Waals surface area contributed by atoms with Gasteiger partial charge in [-0.05, 0) is 61.0 Å². The van der Waals surface area contributed by atoms with Crippen LogP contribution in [0.4, 0.5) is 10.1 Å². The number of benzene rings is 2. The summed E-state index contributed by atoms with van der Waals surface area (Å²) in [5.41, 5.74) is 7.06. The fourth-order valence-electron chi connectivity index (χ4n) is 5.80. The number of nitrogens with one attached hydrogen (secondary N) is 2. The van der Waals surface area contributed by atoms with Crippen molar-refractivity contribution in [3.63, 3.8) is 0 Å². The molecule has 2 aromatic carbocycles. The van der Waals surface area contributed by atoms with Gasteiger partial charge < -0.3 is 21.3 Å². The largest absolute Gasteiger partial charge is 0.395 e. The van der Waals surface area contributed by atoms with Gasteiger partial charge in [0.15, 0.2) is 5.69 Å². The fraction of sp³-hybridized carbons (Fsp3) is 0.419. The van der Waals surface area contributed by atoms with E-state index in [2.05, 4.69) is 15.0 Å². The average Bonchev–Trinajstić information content (AvgIpc) is 3.64. The lowest BCUT2D eigenvalue weighted by Gasteiger charge is -2.32. The number of carbonyl (C=O) groups is 3. The molecule has 1 unspecified atom stereocenters. The average molecular weight is 612 g/mol. The molecule has 8 nitrogen and oxygen atoms in total. The second-order valence-corrected chi connectivity index (χ2v) is 12.3. The first-order valence-corrected chi connectivity index (χ1v) is 15.6. The Labute approximate surface area is 254 Å². The Bertz CT molecular complexity index is 1420. The van der Waals surface area contributed by atoms with E-state index in [0.29, 0.717) is 10.6 Å². The zero-order valence-electron chi connectivity index (χ0n) is 23.3. The maximum absolute atomic E-state index is 14.9. The molecule has 0 aliphatic heterocycles. The number of anilines is 1. The van der Waals surface area contributed by atoms with Gasteiger partial charge in [0.1, 0.15) is 16.7 Å². The Balaban J connectivity index is 1.51. The molecule has 11 heteroatoms. The summed E-state index contributed by atoms with van der Waals surface area (Å²) >= 11 is 6.96. The highest BCUT2D eigenvalue weighted by Gasteiger charge is 2.36. The van der Waals surface area contributed by atoms with E-state index in [-0.39, 0.29) is 46.4 Å². The molecule has 3 amide bonds. The summed E-state index contributed by atoms with van der Waals surface area (Å²) in [4.78, 5) is 42.6. The van der Waals surface area contributed by atoms with Crippen molar-refractivity contribution in [2.75, 3.05) is 5.73 Å². The minimum absolute atomic E-state index is 0.0127. The van der Waals surface area contributed by atoms with Gasteiger partial charge in [0.25, 0.3) is 11.8 Å². The van der Waals surface area contributed by atoms with Crippen LogP contribution in [0.5, 0.6) is 0 Å². The number of nitrogens with zero attached hydrogens (tertiary/aromatic N) is 2. The lowest BCUT2D eigenvalue weighted by molar-refractivity contribution is -0.126. The summed E-state index contributed by atoms with van der Waals surface area (Å²) in [6, 6.07) is 11.7. The van der Waals surface area contributed by atoms with Crippen LogP contribution in [-0.4, -0.2) is 39.1 Å². The van der Waals surface area contributed by atoms with Crippen molar-refractivity contribution in [1.82, 2.24) is 19.9 Å². The molecule has 0 bridgehead atoms. The van der Waals surface area contributed by atoms with Crippen molar-refractivity contribution in [3.8, 4) is 0 Å². The van der Waals surface area contributed by atoms with Crippen molar-refractivity contribution >= 4 is 46.5 Å². The van der Waals surface area contributed by atoms with Gasteiger partial charge in [-0.25, -0.2) is 4.39 Å². The van der Waals surface area contributed by atoms with Gasteiger partial charge in [-0.2, -0.15) is 4.37 Å². The molecule has 1 atom stereocenters. The van der Waals surface area contributed by atoms with Gasteiger partial charge in [-0.15, -0.1) is 0 Å².